The number of imidazole rings is 1. The van der Waals surface area contributed by atoms with Crippen molar-refractivity contribution >= 4 is 82.4 Å². The number of rotatable bonds is 0. The van der Waals surface area contributed by atoms with E-state index in [9.17, 15) is 0 Å². The molecule has 0 bridgehead atoms. The Bertz CT molecular complexity index is 3680. The minimum atomic E-state index is 0. The smallest absolute Gasteiger partial charge is 0.246 e. The molecule has 0 saturated carbocycles. The van der Waals surface area contributed by atoms with Crippen LogP contribution in [0.15, 0.2) is 263 Å². The lowest BCUT2D eigenvalue weighted by Crippen LogP contribution is -1.87. The monoisotopic (exact) mass is 1370 g/mol. The predicted molar refractivity (Wildman–Crippen MR) is 428 cm³/mol. The fraction of sp³-hybridized carbons (Fsp3) is 0.293. The van der Waals surface area contributed by atoms with Gasteiger partial charge < -0.3 is 23.5 Å². The highest BCUT2D eigenvalue weighted by atomic mass is 32.1. The van der Waals surface area contributed by atoms with Crippen molar-refractivity contribution in [3.05, 3.63) is 267 Å². The molecule has 534 valence electrons. The Morgan fingerprint density at radius 3 is 1.67 bits per heavy atom. The maximum Gasteiger partial charge on any atom is 0.246 e. The summed E-state index contributed by atoms with van der Waals surface area (Å²) in [4.78, 5) is 46.4. The fourth-order valence-corrected chi connectivity index (χ4v) is 8.98. The van der Waals surface area contributed by atoms with Crippen LogP contribution in [0.1, 0.15) is 156 Å². The Balaban J connectivity index is 0. The first kappa shape index (κ1) is 87.3. The number of hydrogen-bond acceptors (Lipinski definition) is 16. The zero-order valence-electron chi connectivity index (χ0n) is 62.3. The molecule has 1 aliphatic carbocycles. The summed E-state index contributed by atoms with van der Waals surface area (Å²) in [6, 6.07) is 55.9. The van der Waals surface area contributed by atoms with Crippen LogP contribution >= 0.6 is 11.3 Å². The van der Waals surface area contributed by atoms with Gasteiger partial charge in [-0.2, -0.15) is 10.2 Å². The van der Waals surface area contributed by atoms with E-state index in [4.69, 9.17) is 13.6 Å². The zero-order chi connectivity index (χ0) is 73.6. The molecular weight excluding hydrogens is 1260 g/mol. The van der Waals surface area contributed by atoms with E-state index < -0.39 is 0 Å². The van der Waals surface area contributed by atoms with Crippen LogP contribution < -0.4 is 4.74 Å². The van der Waals surface area contributed by atoms with Crippen LogP contribution in [0.4, 0.5) is 5.69 Å². The number of nitrogens with zero attached hydrogens (tertiary/aromatic N) is 12. The molecule has 11 aromatic heterocycles. The first-order chi connectivity index (χ1) is 49.7. The van der Waals surface area contributed by atoms with E-state index in [1.165, 1.54) is 69.8 Å². The summed E-state index contributed by atoms with van der Waals surface area (Å²) >= 11 is 1.68. The summed E-state index contributed by atoms with van der Waals surface area (Å²) in [5, 5.41) is 11.1. The molecule has 18 heteroatoms. The van der Waals surface area contributed by atoms with Gasteiger partial charge in [0.25, 0.3) is 0 Å². The van der Waals surface area contributed by atoms with Gasteiger partial charge in [-0.1, -0.05) is 203 Å². The third-order valence-corrected chi connectivity index (χ3v) is 13.2. The summed E-state index contributed by atoms with van der Waals surface area (Å²) in [6.45, 7) is 37.4. The number of furan rings is 1. The Hall–Kier alpha value is -10.7. The van der Waals surface area contributed by atoms with Crippen molar-refractivity contribution in [3.8, 4) is 5.88 Å². The molecule has 2 aliphatic heterocycles. The van der Waals surface area contributed by atoms with Crippen molar-refractivity contribution in [2.45, 2.75) is 157 Å². The van der Waals surface area contributed by atoms with Crippen LogP contribution in [-0.4, -0.2) is 66.4 Å². The molecule has 2 N–H and O–H groups in total. The molecule has 18 rings (SSSR count). The third kappa shape index (κ3) is 31.6. The van der Waals surface area contributed by atoms with Crippen LogP contribution in [-0.2, 0) is 25.8 Å². The van der Waals surface area contributed by atoms with Gasteiger partial charge in [-0.25, -0.2) is 34.9 Å². The molecule has 15 aromatic rings. The van der Waals surface area contributed by atoms with Gasteiger partial charge >= 0.3 is 0 Å². The highest BCUT2D eigenvalue weighted by molar-refractivity contribution is 7.16. The highest BCUT2D eigenvalue weighted by Gasteiger charge is 2.11. The van der Waals surface area contributed by atoms with E-state index in [1.54, 1.807) is 48.7 Å². The van der Waals surface area contributed by atoms with Gasteiger partial charge in [-0.3, -0.25) is 15.0 Å². The number of para-hydroxylation sites is 5. The first-order valence-corrected chi connectivity index (χ1v) is 36.1. The summed E-state index contributed by atoms with van der Waals surface area (Å²) in [5.74, 6) is 0.817. The van der Waals surface area contributed by atoms with Gasteiger partial charge in [0.15, 0.2) is 6.39 Å². The minimum absolute atomic E-state index is 0. The predicted octanol–water partition coefficient (Wildman–Crippen LogP) is 24.7. The number of hydrogen-bond donors (Lipinski definition) is 2. The fourth-order valence-electron chi connectivity index (χ4n) is 8.31. The number of aryl methyl sites for hydroxylation is 2. The topological polar surface area (TPSA) is 221 Å². The molecule has 17 nitrogen and oxygen atoms in total. The molecular formula is C82H112N14O3S. The van der Waals surface area contributed by atoms with Crippen molar-refractivity contribution in [1.29, 1.82) is 0 Å². The van der Waals surface area contributed by atoms with E-state index >= 15 is 0 Å². The van der Waals surface area contributed by atoms with Crippen LogP contribution in [0.2, 0.25) is 0 Å². The number of thiazole rings is 1. The number of fused-ring (bicyclic) bond motifs is 9. The van der Waals surface area contributed by atoms with Crippen molar-refractivity contribution in [2.24, 2.45) is 10.2 Å². The molecule has 0 amide bonds. The van der Waals surface area contributed by atoms with Crippen molar-refractivity contribution in [2.75, 3.05) is 6.61 Å². The molecule has 0 unspecified atom stereocenters. The number of pyridine rings is 5. The van der Waals surface area contributed by atoms with Crippen molar-refractivity contribution < 1.29 is 16.4 Å². The lowest BCUT2D eigenvalue weighted by Gasteiger charge is -1.92. The molecule has 13 heterocycles. The number of oxazole rings is 1. The highest BCUT2D eigenvalue weighted by Crippen LogP contribution is 2.23. The lowest BCUT2D eigenvalue weighted by atomic mass is 10.2. The Kier molecular flexibility index (Phi) is 51.0. The quantitative estimate of drug-likeness (QED) is 0.144. The number of aromatic nitrogens is 12. The average Bonchev–Trinajstić information content (AvgIpc) is 1.90. The largest absolute Gasteiger partial charge is 0.477 e. The number of H-pyrrole nitrogens is 2. The van der Waals surface area contributed by atoms with E-state index in [1.807, 2.05) is 270 Å². The van der Waals surface area contributed by atoms with Gasteiger partial charge in [0, 0.05) is 74.8 Å². The van der Waals surface area contributed by atoms with Crippen LogP contribution in [0.5, 0.6) is 5.88 Å². The van der Waals surface area contributed by atoms with Crippen molar-refractivity contribution in [3.63, 3.8) is 0 Å². The van der Waals surface area contributed by atoms with Gasteiger partial charge in [0.05, 0.1) is 62.6 Å². The molecule has 0 atom stereocenters. The number of benzene rings is 4. The maximum atomic E-state index is 5.19. The Morgan fingerprint density at radius 2 is 1.00 bits per heavy atom. The molecule has 0 radical (unpaired) electrons. The third-order valence-electron chi connectivity index (χ3n) is 12.3. The Morgan fingerprint density at radius 1 is 0.410 bits per heavy atom. The maximum absolute atomic E-state index is 5.19. The number of azo groups is 1. The number of ether oxygens (including phenoxy) is 1. The van der Waals surface area contributed by atoms with Crippen LogP contribution in [0.25, 0.3) is 65.4 Å². The van der Waals surface area contributed by atoms with E-state index in [2.05, 4.69) is 119 Å². The van der Waals surface area contributed by atoms with E-state index in [-0.39, 0.29) is 2.85 Å². The molecule has 100 heavy (non-hydrogen) atoms. The summed E-state index contributed by atoms with van der Waals surface area (Å²) in [5.41, 5.74) is 15.3. The van der Waals surface area contributed by atoms with Gasteiger partial charge in [0.2, 0.25) is 17.3 Å². The standard InChI is InChI=1S/C9H7N.C8H9N.C8H7N.C7H6N2.C7H7NO.C7H5NS.C6H5N3.2C6H4N2O.9C2H6.2H2/c1-2-6-9-8(4-1)5-3-7-10-9;1-3-7-4-2-6-9-8(7)5-1;1-2-4-8-7(3-1)5-6-9-8;1-2-4-7-6(3-1)8-5-9-7;1-2-6-3-5-9-7(6)8-4-1;1-2-4-7-6(3-1)8-5-9-7;1-2-5-6(7-3-1)4-8-9-5;1-2-9-6-5(1)3-7-4-8-6;1-2-5-6(7-3-1)9-4-8-5;9*1-2;;/h1-7H;2,4,6H,1,3,5H2;1-6,9H;1-5H,(H,8,9);1-2,4H,3,5H2;1-5H;1-3H,4H2;2*1-4H;9*1-2H3;2*1H. The second kappa shape index (κ2) is 58.4. The SMILES string of the molecule is CC.CC.CC.CC.CC.CC.CC.CC.CC.[HH].[HH].c1ccc2[nH]ccc2c1.c1ccc2[nH]cnc2c1.c1ccc2ncccc2c1.c1ccc2scnc2c1.c1cnc2c(c1)CCC2.c1cnc2c(c1)CCO2.c1cnc2c(c1)N=NC2.c1cnc2ocnc2c1.c1ncc2ccoc2n1. The summed E-state index contributed by atoms with van der Waals surface area (Å²) < 4.78 is 16.3. The lowest BCUT2D eigenvalue weighted by molar-refractivity contribution is 0.345. The van der Waals surface area contributed by atoms with Gasteiger partial charge in [0.1, 0.15) is 24.1 Å². The second-order valence-electron chi connectivity index (χ2n) is 17.8. The molecule has 4 aromatic carbocycles. The second-order valence-corrected chi connectivity index (χ2v) is 18.7. The van der Waals surface area contributed by atoms with Crippen molar-refractivity contribution in [1.82, 2.24) is 59.8 Å². The first-order valence-electron chi connectivity index (χ1n) is 35.3. The summed E-state index contributed by atoms with van der Waals surface area (Å²) in [6.07, 6.45) is 23.4. The van der Waals surface area contributed by atoms with E-state index in [0.717, 1.165) is 63.3 Å². The minimum Gasteiger partial charge on any atom is -0.477 e. The van der Waals surface area contributed by atoms with E-state index in [0.29, 0.717) is 18.0 Å². The molecule has 3 aliphatic rings. The zero-order valence-corrected chi connectivity index (χ0v) is 63.2. The number of nitrogens with one attached hydrogen (secondary N) is 2. The number of aromatic amines is 2. The van der Waals surface area contributed by atoms with Crippen LogP contribution in [0.3, 0.4) is 0 Å². The summed E-state index contributed by atoms with van der Waals surface area (Å²) in [7, 11) is 0. The Labute approximate surface area is 601 Å². The molecule has 0 spiro atoms. The molecule has 0 saturated heterocycles. The average molecular weight is 1370 g/mol. The normalized spacial score (nSPS) is 10.1. The van der Waals surface area contributed by atoms with Gasteiger partial charge in [-0.15, -0.1) is 11.3 Å². The molecule has 0 fully saturated rings. The van der Waals surface area contributed by atoms with Crippen LogP contribution in [0, 0.1) is 0 Å². The van der Waals surface area contributed by atoms with Gasteiger partial charge in [-0.05, 0) is 121 Å².